The van der Waals surface area contributed by atoms with Crippen molar-refractivity contribution in [3.63, 3.8) is 0 Å². The highest BCUT2D eigenvalue weighted by Gasteiger charge is 2.36. The molecule has 2 aromatic rings. The highest BCUT2D eigenvalue weighted by atomic mass is 32.1. The second-order valence-electron chi connectivity index (χ2n) is 6.19. The fourth-order valence-corrected chi connectivity index (χ4v) is 3.83. The predicted octanol–water partition coefficient (Wildman–Crippen LogP) is 0.346. The maximum absolute atomic E-state index is 12.3. The average molecular weight is 358 g/mol. The van der Waals surface area contributed by atoms with Crippen LogP contribution in [0.4, 0.5) is 0 Å². The van der Waals surface area contributed by atoms with E-state index in [2.05, 4.69) is 5.32 Å². The number of benzene rings is 1. The Bertz CT molecular complexity index is 767. The molecule has 0 bridgehead atoms. The highest BCUT2D eigenvalue weighted by molar-refractivity contribution is 7.10. The fourth-order valence-electron chi connectivity index (χ4n) is 2.88. The van der Waals surface area contributed by atoms with Gasteiger partial charge >= 0.3 is 0 Å². The summed E-state index contributed by atoms with van der Waals surface area (Å²) in [5, 5.41) is 4.85. The molecule has 0 aliphatic carbocycles. The molecule has 7 heteroatoms. The monoisotopic (exact) mass is 358 g/mol. The highest BCUT2D eigenvalue weighted by Crippen LogP contribution is 2.22. The molecule has 1 aromatic heterocycles. The van der Waals surface area contributed by atoms with E-state index in [1.165, 1.54) is 9.78 Å². The number of amides is 3. The zero-order valence-corrected chi connectivity index (χ0v) is 14.9. The molecule has 1 aromatic carbocycles. The van der Waals surface area contributed by atoms with Gasteiger partial charge in [-0.15, -0.1) is 11.3 Å². The molecule has 0 radical (unpaired) electrons. The van der Waals surface area contributed by atoms with Crippen LogP contribution in [0.1, 0.15) is 31.6 Å². The lowest BCUT2D eigenvalue weighted by atomic mass is 10.1. The molecule has 0 spiro atoms. The second-order valence-corrected chi connectivity index (χ2v) is 7.17. The Morgan fingerprint density at radius 2 is 1.76 bits per heavy atom. The van der Waals surface area contributed by atoms with Crippen LogP contribution < -0.4 is 10.2 Å². The molecular formula is C18H20N3O3S+. The number of fused-ring (bicyclic) bond motifs is 1. The quantitative estimate of drug-likeness (QED) is 0.732. The Labute approximate surface area is 150 Å². The van der Waals surface area contributed by atoms with E-state index in [9.17, 15) is 14.4 Å². The van der Waals surface area contributed by atoms with E-state index in [0.29, 0.717) is 17.7 Å². The number of rotatable bonds is 6. The molecule has 3 amide bonds. The SMILES string of the molecule is C[NH+](C)[C@H](CNC(=O)CN1C(=O)c2ccccc2C1=O)c1cccs1. The van der Waals surface area contributed by atoms with Gasteiger partial charge in [0.1, 0.15) is 12.6 Å². The third-order valence-corrected chi connectivity index (χ3v) is 5.25. The van der Waals surface area contributed by atoms with Crippen LogP contribution in [0.15, 0.2) is 41.8 Å². The van der Waals surface area contributed by atoms with Gasteiger partial charge in [-0.25, -0.2) is 0 Å². The van der Waals surface area contributed by atoms with Crippen LogP contribution in [-0.2, 0) is 4.79 Å². The average Bonchev–Trinajstić information content (AvgIpc) is 3.19. The molecule has 2 N–H and O–H groups in total. The van der Waals surface area contributed by atoms with Gasteiger partial charge in [-0.3, -0.25) is 19.3 Å². The van der Waals surface area contributed by atoms with E-state index in [1.54, 1.807) is 35.6 Å². The van der Waals surface area contributed by atoms with Gasteiger partial charge in [0, 0.05) is 0 Å². The van der Waals surface area contributed by atoms with Crippen molar-refractivity contribution in [1.29, 1.82) is 0 Å². The molecule has 0 unspecified atom stereocenters. The lowest BCUT2D eigenvalue weighted by molar-refractivity contribution is -0.890. The van der Waals surface area contributed by atoms with Crippen LogP contribution in [-0.4, -0.2) is 49.8 Å². The van der Waals surface area contributed by atoms with Crippen LogP contribution in [0, 0.1) is 0 Å². The summed E-state index contributed by atoms with van der Waals surface area (Å²) in [6, 6.07) is 10.8. The summed E-state index contributed by atoms with van der Waals surface area (Å²) in [5.74, 6) is -1.16. The molecule has 0 saturated heterocycles. The molecular weight excluding hydrogens is 338 g/mol. The minimum absolute atomic E-state index is 0.131. The minimum atomic E-state index is -0.413. The van der Waals surface area contributed by atoms with E-state index in [-0.39, 0.29) is 18.5 Å². The van der Waals surface area contributed by atoms with Gasteiger partial charge in [0.25, 0.3) is 11.8 Å². The van der Waals surface area contributed by atoms with E-state index >= 15 is 0 Å². The number of hydrogen-bond acceptors (Lipinski definition) is 4. The first-order valence-corrected chi connectivity index (χ1v) is 8.92. The number of quaternary nitrogens is 1. The number of carbonyl (C=O) groups is 3. The van der Waals surface area contributed by atoms with Crippen LogP contribution >= 0.6 is 11.3 Å². The Balaban J connectivity index is 1.62. The largest absolute Gasteiger partial charge is 0.348 e. The van der Waals surface area contributed by atoms with Crippen molar-refractivity contribution in [2.75, 3.05) is 27.2 Å². The second kappa shape index (κ2) is 7.16. The summed E-state index contributed by atoms with van der Waals surface area (Å²) in [5.41, 5.74) is 0.712. The van der Waals surface area contributed by atoms with Crippen LogP contribution in [0.5, 0.6) is 0 Å². The number of nitrogens with zero attached hydrogens (tertiary/aromatic N) is 1. The Morgan fingerprint density at radius 3 is 2.28 bits per heavy atom. The number of thiophene rings is 1. The zero-order valence-electron chi connectivity index (χ0n) is 14.1. The Hall–Kier alpha value is -2.51. The third kappa shape index (κ3) is 3.47. The van der Waals surface area contributed by atoms with Crippen LogP contribution in [0.3, 0.4) is 0 Å². The number of nitrogens with one attached hydrogen (secondary N) is 2. The van der Waals surface area contributed by atoms with Crippen molar-refractivity contribution >= 4 is 29.1 Å². The van der Waals surface area contributed by atoms with Gasteiger partial charge in [0.15, 0.2) is 0 Å². The van der Waals surface area contributed by atoms with Crippen LogP contribution in [0.25, 0.3) is 0 Å². The molecule has 3 rings (SSSR count). The first-order chi connectivity index (χ1) is 12.0. The van der Waals surface area contributed by atoms with E-state index in [0.717, 1.165) is 4.90 Å². The van der Waals surface area contributed by atoms with E-state index in [4.69, 9.17) is 0 Å². The number of imide groups is 1. The van der Waals surface area contributed by atoms with Crippen molar-refractivity contribution in [2.24, 2.45) is 0 Å². The molecule has 1 aliphatic heterocycles. The Kier molecular flexibility index (Phi) is 4.96. The Morgan fingerprint density at radius 1 is 1.12 bits per heavy atom. The third-order valence-electron chi connectivity index (χ3n) is 4.27. The molecule has 130 valence electrons. The first kappa shape index (κ1) is 17.3. The van der Waals surface area contributed by atoms with Crippen molar-refractivity contribution in [3.8, 4) is 0 Å². The molecule has 1 atom stereocenters. The van der Waals surface area contributed by atoms with Gasteiger partial charge < -0.3 is 10.2 Å². The minimum Gasteiger partial charge on any atom is -0.348 e. The van der Waals surface area contributed by atoms with Crippen molar-refractivity contribution in [3.05, 3.63) is 57.8 Å². The molecule has 2 heterocycles. The normalized spacial score (nSPS) is 14.8. The maximum Gasteiger partial charge on any atom is 0.262 e. The molecule has 0 saturated carbocycles. The first-order valence-electron chi connectivity index (χ1n) is 8.04. The van der Waals surface area contributed by atoms with E-state index < -0.39 is 11.8 Å². The summed E-state index contributed by atoms with van der Waals surface area (Å²) < 4.78 is 0. The molecule has 1 aliphatic rings. The summed E-state index contributed by atoms with van der Waals surface area (Å²) in [6.07, 6.45) is 0. The smallest absolute Gasteiger partial charge is 0.262 e. The summed E-state index contributed by atoms with van der Waals surface area (Å²) >= 11 is 1.65. The maximum atomic E-state index is 12.3. The number of carbonyl (C=O) groups excluding carboxylic acids is 3. The predicted molar refractivity (Wildman–Crippen MR) is 94.7 cm³/mol. The van der Waals surface area contributed by atoms with Crippen LogP contribution in [0.2, 0.25) is 0 Å². The number of hydrogen-bond donors (Lipinski definition) is 2. The lowest BCUT2D eigenvalue weighted by Gasteiger charge is -2.21. The van der Waals surface area contributed by atoms with Crippen molar-refractivity contribution in [1.82, 2.24) is 10.2 Å². The summed E-state index contributed by atoms with van der Waals surface area (Å²) in [6.45, 7) is 0.192. The molecule has 25 heavy (non-hydrogen) atoms. The fraction of sp³-hybridized carbons (Fsp3) is 0.278. The van der Waals surface area contributed by atoms with Crippen molar-refractivity contribution in [2.45, 2.75) is 6.04 Å². The topological polar surface area (TPSA) is 70.9 Å². The van der Waals surface area contributed by atoms with Gasteiger partial charge in [-0.1, -0.05) is 18.2 Å². The molecule has 0 fully saturated rings. The van der Waals surface area contributed by atoms with Gasteiger partial charge in [0.05, 0.1) is 36.6 Å². The summed E-state index contributed by atoms with van der Waals surface area (Å²) in [4.78, 5) is 40.3. The van der Waals surface area contributed by atoms with Gasteiger partial charge in [-0.2, -0.15) is 0 Å². The zero-order chi connectivity index (χ0) is 18.0. The molecule has 6 nitrogen and oxygen atoms in total. The lowest BCUT2D eigenvalue weighted by Crippen LogP contribution is -3.06. The van der Waals surface area contributed by atoms with Gasteiger partial charge in [-0.05, 0) is 23.6 Å². The van der Waals surface area contributed by atoms with Gasteiger partial charge in [0.2, 0.25) is 5.91 Å². The van der Waals surface area contributed by atoms with Crippen molar-refractivity contribution < 1.29 is 19.3 Å². The van der Waals surface area contributed by atoms with E-state index in [1.807, 2.05) is 31.6 Å². The number of likely N-dealkylation sites (N-methyl/N-ethyl adjacent to an activating group) is 1. The summed E-state index contributed by atoms with van der Waals surface area (Å²) in [7, 11) is 4.06. The standard InChI is InChI=1S/C18H19N3O3S/c1-20(2)14(15-8-5-9-25-15)10-19-16(22)11-21-17(23)12-6-3-4-7-13(12)18(21)24/h3-9,14H,10-11H2,1-2H3,(H,19,22)/p+1/t14-/m1/s1.